The van der Waals surface area contributed by atoms with E-state index in [0.29, 0.717) is 0 Å². The number of nitriles is 1. The fourth-order valence-corrected chi connectivity index (χ4v) is 2.58. The molecule has 0 spiro atoms. The Hall–Kier alpha value is -1.49. The van der Waals surface area contributed by atoms with E-state index in [1.807, 2.05) is 12.1 Å². The second-order valence-electron chi connectivity index (χ2n) is 5.14. The zero-order valence-electron chi connectivity index (χ0n) is 10.7. The van der Waals surface area contributed by atoms with E-state index in [1.165, 1.54) is 30.5 Å². The van der Waals surface area contributed by atoms with Crippen molar-refractivity contribution in [3.63, 3.8) is 0 Å². The largest absolute Gasteiger partial charge is 0.371 e. The molecule has 0 aliphatic carbocycles. The number of hydrogen-bond acceptors (Lipinski definition) is 2. The van der Waals surface area contributed by atoms with E-state index in [4.69, 9.17) is 5.26 Å². The average molecular weight is 228 g/mol. The van der Waals surface area contributed by atoms with Crippen LogP contribution in [0.25, 0.3) is 0 Å². The van der Waals surface area contributed by atoms with Crippen LogP contribution in [0.3, 0.4) is 0 Å². The zero-order valence-corrected chi connectivity index (χ0v) is 10.7. The predicted octanol–water partition coefficient (Wildman–Crippen LogP) is 3.49. The maximum atomic E-state index is 8.88. The Morgan fingerprint density at radius 2 is 2.12 bits per heavy atom. The first-order chi connectivity index (χ1) is 8.20. The van der Waals surface area contributed by atoms with Gasteiger partial charge in [-0.1, -0.05) is 6.92 Å². The molecule has 0 bridgehead atoms. The van der Waals surface area contributed by atoms with Crippen LogP contribution in [0.4, 0.5) is 5.69 Å². The molecule has 0 amide bonds. The average Bonchev–Trinajstić information content (AvgIpc) is 2.54. The van der Waals surface area contributed by atoms with Crippen LogP contribution >= 0.6 is 0 Å². The van der Waals surface area contributed by atoms with Crippen LogP contribution in [0.2, 0.25) is 0 Å². The van der Waals surface area contributed by atoms with Crippen molar-refractivity contribution >= 4 is 5.69 Å². The lowest BCUT2D eigenvalue weighted by Gasteiger charge is -2.24. The van der Waals surface area contributed by atoms with Crippen molar-refractivity contribution in [2.45, 2.75) is 33.1 Å². The summed E-state index contributed by atoms with van der Waals surface area (Å²) in [5, 5.41) is 8.88. The summed E-state index contributed by atoms with van der Waals surface area (Å²) in [7, 11) is 0. The molecule has 1 atom stereocenters. The molecule has 1 aliphatic rings. The summed E-state index contributed by atoms with van der Waals surface area (Å²) in [4.78, 5) is 2.47. The Labute approximate surface area is 104 Å². The van der Waals surface area contributed by atoms with Crippen molar-refractivity contribution in [2.24, 2.45) is 5.92 Å². The van der Waals surface area contributed by atoms with Gasteiger partial charge in [-0.3, -0.25) is 0 Å². The topological polar surface area (TPSA) is 27.0 Å². The highest BCUT2D eigenvalue weighted by atomic mass is 15.1. The second-order valence-corrected chi connectivity index (χ2v) is 5.14. The highest BCUT2D eigenvalue weighted by Gasteiger charge is 2.15. The van der Waals surface area contributed by atoms with Gasteiger partial charge in [-0.2, -0.15) is 5.26 Å². The van der Waals surface area contributed by atoms with Crippen molar-refractivity contribution in [1.29, 1.82) is 5.26 Å². The highest BCUT2D eigenvalue weighted by molar-refractivity contribution is 5.56. The van der Waals surface area contributed by atoms with Crippen LogP contribution in [-0.2, 0) is 0 Å². The van der Waals surface area contributed by atoms with E-state index in [0.717, 1.165) is 24.6 Å². The summed E-state index contributed by atoms with van der Waals surface area (Å²) in [5.41, 5.74) is 3.28. The minimum atomic E-state index is 0.759. The molecule has 1 aliphatic heterocycles. The lowest BCUT2D eigenvalue weighted by Crippen LogP contribution is -2.24. The molecule has 0 N–H and O–H groups in total. The Morgan fingerprint density at radius 3 is 2.82 bits per heavy atom. The first kappa shape index (κ1) is 12.0. The van der Waals surface area contributed by atoms with Crippen molar-refractivity contribution in [3.8, 4) is 6.07 Å². The first-order valence-electron chi connectivity index (χ1n) is 6.46. The van der Waals surface area contributed by atoms with Crippen molar-refractivity contribution in [1.82, 2.24) is 0 Å². The summed E-state index contributed by atoms with van der Waals surface area (Å²) >= 11 is 0. The van der Waals surface area contributed by atoms with Gasteiger partial charge < -0.3 is 4.90 Å². The summed E-state index contributed by atoms with van der Waals surface area (Å²) in [6.45, 7) is 6.74. The van der Waals surface area contributed by atoms with Crippen LogP contribution in [0.5, 0.6) is 0 Å². The molecule has 0 saturated carbocycles. The Balaban J connectivity index is 2.19. The summed E-state index contributed by atoms with van der Waals surface area (Å²) in [6, 6.07) is 8.22. The van der Waals surface area contributed by atoms with E-state index >= 15 is 0 Å². The fourth-order valence-electron chi connectivity index (χ4n) is 2.58. The Kier molecular flexibility index (Phi) is 3.68. The number of rotatable bonds is 1. The third kappa shape index (κ3) is 2.79. The standard InChI is InChI=1S/C15H20N2/c1-12-4-3-8-17(9-7-12)15-6-5-14(11-16)10-13(15)2/h5-6,10,12H,3-4,7-9H2,1-2H3. The molecular weight excluding hydrogens is 208 g/mol. The second kappa shape index (κ2) is 5.23. The summed E-state index contributed by atoms with van der Waals surface area (Å²) in [6.07, 6.45) is 3.89. The molecule has 2 rings (SSSR count). The van der Waals surface area contributed by atoms with Crippen LogP contribution in [-0.4, -0.2) is 13.1 Å². The normalized spacial score (nSPS) is 20.8. The molecule has 2 nitrogen and oxygen atoms in total. The molecule has 2 heteroatoms. The van der Waals surface area contributed by atoms with Gasteiger partial charge in [-0.15, -0.1) is 0 Å². The van der Waals surface area contributed by atoms with Gasteiger partial charge in [0.15, 0.2) is 0 Å². The van der Waals surface area contributed by atoms with Crippen molar-refractivity contribution < 1.29 is 0 Å². The lowest BCUT2D eigenvalue weighted by atomic mass is 10.0. The quantitative estimate of drug-likeness (QED) is 0.735. The number of hydrogen-bond donors (Lipinski definition) is 0. The molecule has 1 unspecified atom stereocenters. The fraction of sp³-hybridized carbons (Fsp3) is 0.533. The number of aryl methyl sites for hydroxylation is 1. The molecule has 0 aromatic heterocycles. The van der Waals surface area contributed by atoms with Gasteiger partial charge in [-0.25, -0.2) is 0 Å². The highest BCUT2D eigenvalue weighted by Crippen LogP contribution is 2.25. The van der Waals surface area contributed by atoms with E-state index in [9.17, 15) is 0 Å². The number of anilines is 1. The van der Waals surface area contributed by atoms with Gasteiger partial charge in [0.2, 0.25) is 0 Å². The van der Waals surface area contributed by atoms with Crippen LogP contribution < -0.4 is 4.90 Å². The molecule has 1 heterocycles. The molecule has 1 fully saturated rings. The van der Waals surface area contributed by atoms with Gasteiger partial charge in [0, 0.05) is 18.8 Å². The van der Waals surface area contributed by atoms with Crippen LogP contribution in [0.15, 0.2) is 18.2 Å². The van der Waals surface area contributed by atoms with Gasteiger partial charge in [-0.05, 0) is 55.9 Å². The minimum Gasteiger partial charge on any atom is -0.371 e. The summed E-state index contributed by atoms with van der Waals surface area (Å²) < 4.78 is 0. The molecule has 1 aromatic rings. The third-order valence-electron chi connectivity index (χ3n) is 3.68. The van der Waals surface area contributed by atoms with E-state index in [-0.39, 0.29) is 0 Å². The lowest BCUT2D eigenvalue weighted by molar-refractivity contribution is 0.521. The summed E-state index contributed by atoms with van der Waals surface area (Å²) in [5.74, 6) is 0.846. The SMILES string of the molecule is Cc1cc(C#N)ccc1N1CCCC(C)CC1. The van der Waals surface area contributed by atoms with E-state index in [2.05, 4.69) is 30.9 Å². The number of benzene rings is 1. The van der Waals surface area contributed by atoms with Gasteiger partial charge >= 0.3 is 0 Å². The van der Waals surface area contributed by atoms with Crippen LogP contribution in [0, 0.1) is 24.2 Å². The van der Waals surface area contributed by atoms with Gasteiger partial charge in [0.1, 0.15) is 0 Å². The monoisotopic (exact) mass is 228 g/mol. The van der Waals surface area contributed by atoms with Crippen LogP contribution in [0.1, 0.15) is 37.3 Å². The first-order valence-corrected chi connectivity index (χ1v) is 6.46. The van der Waals surface area contributed by atoms with E-state index in [1.54, 1.807) is 0 Å². The van der Waals surface area contributed by atoms with Gasteiger partial charge in [0.25, 0.3) is 0 Å². The zero-order chi connectivity index (χ0) is 12.3. The Morgan fingerprint density at radius 1 is 1.29 bits per heavy atom. The minimum absolute atomic E-state index is 0.759. The van der Waals surface area contributed by atoms with Crippen molar-refractivity contribution in [3.05, 3.63) is 29.3 Å². The molecule has 1 aromatic carbocycles. The molecule has 17 heavy (non-hydrogen) atoms. The smallest absolute Gasteiger partial charge is 0.0991 e. The number of nitrogens with zero attached hydrogens (tertiary/aromatic N) is 2. The van der Waals surface area contributed by atoms with Gasteiger partial charge in [0.05, 0.1) is 11.6 Å². The molecule has 0 radical (unpaired) electrons. The molecule has 90 valence electrons. The predicted molar refractivity (Wildman–Crippen MR) is 71.1 cm³/mol. The Bertz CT molecular complexity index is 431. The molecule has 1 saturated heterocycles. The maximum absolute atomic E-state index is 8.88. The molecular formula is C15H20N2. The van der Waals surface area contributed by atoms with Crippen molar-refractivity contribution in [2.75, 3.05) is 18.0 Å². The van der Waals surface area contributed by atoms with E-state index < -0.39 is 0 Å². The third-order valence-corrected chi connectivity index (χ3v) is 3.68. The maximum Gasteiger partial charge on any atom is 0.0991 e.